The quantitative estimate of drug-likeness (QED) is 0.545. The van der Waals surface area contributed by atoms with E-state index in [9.17, 15) is 0 Å². The van der Waals surface area contributed by atoms with Gasteiger partial charge >= 0.3 is 0 Å². The number of anilines is 1. The van der Waals surface area contributed by atoms with Gasteiger partial charge in [-0.3, -0.25) is 0 Å². The number of thiophene rings is 1. The SMILES string of the molecule is c1cc2c(s1)NNC2. The van der Waals surface area contributed by atoms with E-state index in [1.807, 2.05) is 0 Å². The molecule has 2 rings (SSSR count). The highest BCUT2D eigenvalue weighted by molar-refractivity contribution is 7.14. The summed E-state index contributed by atoms with van der Waals surface area (Å²) in [7, 11) is 0. The standard InChI is InChI=1S/C5H6N2S/c1-2-8-5-4(1)3-6-7-5/h1-2,6-7H,3H2. The number of hydrazine groups is 1. The molecule has 2 nitrogen and oxygen atoms in total. The van der Waals surface area contributed by atoms with Crippen molar-refractivity contribution in [1.82, 2.24) is 5.43 Å². The van der Waals surface area contributed by atoms with Crippen molar-refractivity contribution in [3.63, 3.8) is 0 Å². The first-order valence-electron chi connectivity index (χ1n) is 2.52. The first-order valence-corrected chi connectivity index (χ1v) is 3.40. The van der Waals surface area contributed by atoms with Gasteiger partial charge in [0.2, 0.25) is 0 Å². The Morgan fingerprint density at radius 2 is 2.62 bits per heavy atom. The Morgan fingerprint density at radius 3 is 3.50 bits per heavy atom. The number of hydrogen-bond acceptors (Lipinski definition) is 3. The lowest BCUT2D eigenvalue weighted by molar-refractivity contribution is 0.860. The van der Waals surface area contributed by atoms with E-state index in [0.29, 0.717) is 0 Å². The maximum atomic E-state index is 3.05. The summed E-state index contributed by atoms with van der Waals surface area (Å²) in [6.07, 6.45) is 0. The Labute approximate surface area is 51.5 Å². The summed E-state index contributed by atoms with van der Waals surface area (Å²) in [5, 5.41) is 3.36. The third-order valence-electron chi connectivity index (χ3n) is 1.23. The third kappa shape index (κ3) is 0.454. The molecule has 1 aliphatic rings. The summed E-state index contributed by atoms with van der Waals surface area (Å²) in [5.41, 5.74) is 7.46. The first-order chi connectivity index (χ1) is 3.97. The lowest BCUT2D eigenvalue weighted by atomic mass is 10.3. The predicted molar refractivity (Wildman–Crippen MR) is 34.8 cm³/mol. The largest absolute Gasteiger partial charge is 0.312 e. The van der Waals surface area contributed by atoms with Crippen molar-refractivity contribution < 1.29 is 0 Å². The number of fused-ring (bicyclic) bond motifs is 1. The molecule has 1 aromatic heterocycles. The fraction of sp³-hybridized carbons (Fsp3) is 0.200. The van der Waals surface area contributed by atoms with Gasteiger partial charge in [0.25, 0.3) is 0 Å². The fourth-order valence-corrected chi connectivity index (χ4v) is 1.60. The smallest absolute Gasteiger partial charge is 0.107 e. The van der Waals surface area contributed by atoms with Crippen molar-refractivity contribution in [2.45, 2.75) is 6.54 Å². The van der Waals surface area contributed by atoms with Gasteiger partial charge < -0.3 is 5.43 Å². The van der Waals surface area contributed by atoms with Crippen LogP contribution in [0, 0.1) is 0 Å². The lowest BCUT2D eigenvalue weighted by Gasteiger charge is -1.88. The van der Waals surface area contributed by atoms with E-state index < -0.39 is 0 Å². The molecule has 0 aromatic carbocycles. The molecule has 1 aromatic rings. The van der Waals surface area contributed by atoms with Gasteiger partial charge in [-0.15, -0.1) is 11.3 Å². The summed E-state index contributed by atoms with van der Waals surface area (Å²) in [4.78, 5) is 0. The average molecular weight is 126 g/mol. The van der Waals surface area contributed by atoms with E-state index in [1.54, 1.807) is 11.3 Å². The molecule has 42 valence electrons. The van der Waals surface area contributed by atoms with Gasteiger partial charge in [-0.25, -0.2) is 5.43 Å². The van der Waals surface area contributed by atoms with Gasteiger partial charge in [0.1, 0.15) is 5.00 Å². The van der Waals surface area contributed by atoms with Gasteiger partial charge in [-0.2, -0.15) is 0 Å². The van der Waals surface area contributed by atoms with Crippen LogP contribution >= 0.6 is 11.3 Å². The molecule has 2 heterocycles. The van der Waals surface area contributed by atoms with Crippen LogP contribution < -0.4 is 10.9 Å². The van der Waals surface area contributed by atoms with Crippen molar-refractivity contribution >= 4 is 16.3 Å². The maximum absolute atomic E-state index is 3.05. The van der Waals surface area contributed by atoms with Crippen LogP contribution in [0.25, 0.3) is 0 Å². The minimum absolute atomic E-state index is 0.971. The number of rotatable bonds is 0. The van der Waals surface area contributed by atoms with E-state index in [1.165, 1.54) is 10.6 Å². The predicted octanol–water partition coefficient (Wildman–Crippen LogP) is 1.18. The topological polar surface area (TPSA) is 24.1 Å². The number of nitrogens with one attached hydrogen (secondary N) is 2. The molecule has 0 fully saturated rings. The van der Waals surface area contributed by atoms with Crippen molar-refractivity contribution in [2.24, 2.45) is 0 Å². The molecule has 0 aliphatic carbocycles. The second-order valence-electron chi connectivity index (χ2n) is 1.75. The van der Waals surface area contributed by atoms with Crippen molar-refractivity contribution in [3.8, 4) is 0 Å². The molecule has 0 saturated heterocycles. The van der Waals surface area contributed by atoms with Gasteiger partial charge in [-0.1, -0.05) is 0 Å². The minimum Gasteiger partial charge on any atom is -0.312 e. The van der Waals surface area contributed by atoms with Gasteiger partial charge in [0.05, 0.1) is 0 Å². The molecule has 1 aliphatic heterocycles. The van der Waals surface area contributed by atoms with Crippen LogP contribution in [-0.4, -0.2) is 0 Å². The zero-order chi connectivity index (χ0) is 5.40. The van der Waals surface area contributed by atoms with E-state index in [0.717, 1.165) is 6.54 Å². The molecule has 0 spiro atoms. The molecule has 0 saturated carbocycles. The number of hydrogen-bond donors (Lipinski definition) is 2. The Morgan fingerprint density at radius 1 is 1.62 bits per heavy atom. The summed E-state index contributed by atoms with van der Waals surface area (Å²) < 4.78 is 0. The van der Waals surface area contributed by atoms with Gasteiger partial charge in [-0.05, 0) is 11.4 Å². The summed E-state index contributed by atoms with van der Waals surface area (Å²) in [6, 6.07) is 2.13. The van der Waals surface area contributed by atoms with E-state index >= 15 is 0 Å². The van der Waals surface area contributed by atoms with E-state index in [2.05, 4.69) is 22.3 Å². The van der Waals surface area contributed by atoms with Crippen molar-refractivity contribution in [3.05, 3.63) is 17.0 Å². The van der Waals surface area contributed by atoms with Crippen molar-refractivity contribution in [1.29, 1.82) is 0 Å². The highest BCUT2D eigenvalue weighted by Gasteiger charge is 2.07. The fourth-order valence-electron chi connectivity index (χ4n) is 0.804. The van der Waals surface area contributed by atoms with Crippen LogP contribution in [0.1, 0.15) is 5.56 Å². The molecule has 0 atom stereocenters. The second kappa shape index (κ2) is 1.47. The Kier molecular flexibility index (Phi) is 0.797. The first kappa shape index (κ1) is 4.35. The zero-order valence-corrected chi connectivity index (χ0v) is 5.09. The highest BCUT2D eigenvalue weighted by atomic mass is 32.1. The van der Waals surface area contributed by atoms with E-state index in [-0.39, 0.29) is 0 Å². The van der Waals surface area contributed by atoms with Crippen LogP contribution in [0.5, 0.6) is 0 Å². The Hall–Kier alpha value is -0.540. The molecule has 2 N–H and O–H groups in total. The third-order valence-corrected chi connectivity index (χ3v) is 2.10. The monoisotopic (exact) mass is 126 g/mol. The van der Waals surface area contributed by atoms with E-state index in [4.69, 9.17) is 0 Å². The van der Waals surface area contributed by atoms with Crippen LogP contribution in [0.4, 0.5) is 5.00 Å². The van der Waals surface area contributed by atoms with Gasteiger partial charge in [0, 0.05) is 12.1 Å². The lowest BCUT2D eigenvalue weighted by Crippen LogP contribution is -2.10. The van der Waals surface area contributed by atoms with Crippen LogP contribution in [0.2, 0.25) is 0 Å². The van der Waals surface area contributed by atoms with Crippen LogP contribution in [0.15, 0.2) is 11.4 Å². The summed E-state index contributed by atoms with van der Waals surface area (Å²) in [6.45, 7) is 0.971. The second-order valence-corrected chi connectivity index (χ2v) is 2.67. The van der Waals surface area contributed by atoms with Gasteiger partial charge in [0.15, 0.2) is 0 Å². The molecule has 3 heteroatoms. The normalized spacial score (nSPS) is 15.5. The molecular formula is C5H6N2S. The van der Waals surface area contributed by atoms with Crippen LogP contribution in [-0.2, 0) is 6.54 Å². The molecule has 0 amide bonds. The van der Waals surface area contributed by atoms with Crippen LogP contribution in [0.3, 0.4) is 0 Å². The average Bonchev–Trinajstić information content (AvgIpc) is 2.15. The zero-order valence-electron chi connectivity index (χ0n) is 4.27. The summed E-state index contributed by atoms with van der Waals surface area (Å²) in [5.74, 6) is 0. The molecule has 0 bridgehead atoms. The summed E-state index contributed by atoms with van der Waals surface area (Å²) >= 11 is 1.74. The molecule has 0 radical (unpaired) electrons. The molecular weight excluding hydrogens is 120 g/mol. The molecule has 0 unspecified atom stereocenters. The van der Waals surface area contributed by atoms with Crippen molar-refractivity contribution in [2.75, 3.05) is 5.43 Å². The highest BCUT2D eigenvalue weighted by Crippen LogP contribution is 2.25. The minimum atomic E-state index is 0.971. The Bertz CT molecular complexity index is 176. The molecule has 8 heavy (non-hydrogen) atoms. The maximum Gasteiger partial charge on any atom is 0.107 e. The Balaban J connectivity index is 2.54.